The van der Waals surface area contributed by atoms with E-state index in [0.29, 0.717) is 28.7 Å². The molecule has 2 N–H and O–H groups in total. The lowest BCUT2D eigenvalue weighted by atomic mass is 9.77. The van der Waals surface area contributed by atoms with Crippen molar-refractivity contribution >= 4 is 28.2 Å². The van der Waals surface area contributed by atoms with Crippen molar-refractivity contribution in [3.63, 3.8) is 0 Å². The molecule has 0 radical (unpaired) electrons. The zero-order valence-corrected chi connectivity index (χ0v) is 21.2. The SMILES string of the molecule is Cc1cc([C@@H](C)Nc2ccccc2C(=O)O)c2nc3n(c(=O)c2c1)CCC31CN(c2ccc(C#N)cc2)C1. The molecule has 1 fully saturated rings. The number of para-hydroxylation sites is 1. The summed E-state index contributed by atoms with van der Waals surface area (Å²) >= 11 is 0. The fourth-order valence-corrected chi connectivity index (χ4v) is 5.90. The smallest absolute Gasteiger partial charge is 0.337 e. The molecule has 2 aliphatic rings. The van der Waals surface area contributed by atoms with Crippen LogP contribution < -0.4 is 15.8 Å². The zero-order chi connectivity index (χ0) is 26.6. The number of hydrogen-bond acceptors (Lipinski definition) is 6. The summed E-state index contributed by atoms with van der Waals surface area (Å²) in [7, 11) is 0. The Labute approximate surface area is 219 Å². The number of carboxylic acid groups (broad SMARTS) is 1. The van der Waals surface area contributed by atoms with E-state index in [2.05, 4.69) is 16.3 Å². The van der Waals surface area contributed by atoms with Crippen molar-refractivity contribution < 1.29 is 9.90 Å². The molecule has 0 amide bonds. The maximum absolute atomic E-state index is 13.7. The summed E-state index contributed by atoms with van der Waals surface area (Å²) in [4.78, 5) is 32.8. The third-order valence-corrected chi connectivity index (χ3v) is 7.87. The quantitative estimate of drug-likeness (QED) is 0.407. The van der Waals surface area contributed by atoms with Crippen LogP contribution in [0.2, 0.25) is 0 Å². The first-order chi connectivity index (χ1) is 18.3. The Morgan fingerprint density at radius 3 is 2.61 bits per heavy atom. The molecule has 190 valence electrons. The molecule has 1 spiro atoms. The van der Waals surface area contributed by atoms with Crippen LogP contribution in [0.5, 0.6) is 0 Å². The number of benzene rings is 3. The van der Waals surface area contributed by atoms with Gasteiger partial charge in [-0.05, 0) is 68.3 Å². The van der Waals surface area contributed by atoms with Crippen molar-refractivity contribution in [2.45, 2.75) is 38.3 Å². The standard InChI is InChI=1S/C30H27N5O3/c1-18-13-23(19(2)32-25-6-4-3-5-22(25)28(37)38)26-24(14-18)27(36)35-12-11-30(29(35)33-26)16-34(17-30)21-9-7-20(15-31)8-10-21/h3-10,13-14,19,32H,11-12,16-17H2,1-2H3,(H,37,38)/t19-/m1/s1. The number of aromatic nitrogens is 2. The molecule has 1 atom stereocenters. The lowest BCUT2D eigenvalue weighted by Gasteiger charge is -2.48. The fourth-order valence-electron chi connectivity index (χ4n) is 5.90. The third-order valence-electron chi connectivity index (χ3n) is 7.87. The number of nitrogens with one attached hydrogen (secondary N) is 1. The van der Waals surface area contributed by atoms with Gasteiger partial charge in [-0.3, -0.25) is 9.36 Å². The summed E-state index contributed by atoms with van der Waals surface area (Å²) < 4.78 is 1.83. The second kappa shape index (κ2) is 8.73. The van der Waals surface area contributed by atoms with Gasteiger partial charge in [0.2, 0.25) is 0 Å². The van der Waals surface area contributed by atoms with Crippen molar-refractivity contribution in [3.8, 4) is 6.07 Å². The Balaban J connectivity index is 1.38. The van der Waals surface area contributed by atoms with Crippen LogP contribution in [0.1, 0.15) is 52.3 Å². The summed E-state index contributed by atoms with van der Waals surface area (Å²) in [5.74, 6) is -0.175. The number of aryl methyl sites for hydroxylation is 1. The topological polar surface area (TPSA) is 111 Å². The van der Waals surface area contributed by atoms with Crippen LogP contribution in [0.4, 0.5) is 11.4 Å². The Morgan fingerprint density at radius 2 is 1.89 bits per heavy atom. The molecule has 3 heterocycles. The first kappa shape index (κ1) is 23.7. The maximum Gasteiger partial charge on any atom is 0.337 e. The van der Waals surface area contributed by atoms with Crippen LogP contribution >= 0.6 is 0 Å². The predicted octanol–water partition coefficient (Wildman–Crippen LogP) is 4.61. The van der Waals surface area contributed by atoms with Gasteiger partial charge in [-0.2, -0.15) is 5.26 Å². The Hall–Kier alpha value is -4.64. The molecule has 8 heteroatoms. The molecule has 0 saturated carbocycles. The number of aromatic carboxylic acids is 1. The molecule has 1 saturated heterocycles. The highest BCUT2D eigenvalue weighted by Gasteiger charge is 2.51. The lowest BCUT2D eigenvalue weighted by Crippen LogP contribution is -2.59. The van der Waals surface area contributed by atoms with Gasteiger partial charge in [-0.15, -0.1) is 0 Å². The van der Waals surface area contributed by atoms with Gasteiger partial charge < -0.3 is 15.3 Å². The molecule has 38 heavy (non-hydrogen) atoms. The number of carbonyl (C=O) groups is 1. The van der Waals surface area contributed by atoms with Crippen molar-refractivity contribution in [2.24, 2.45) is 0 Å². The number of carboxylic acids is 1. The van der Waals surface area contributed by atoms with Gasteiger partial charge in [-0.1, -0.05) is 18.2 Å². The van der Waals surface area contributed by atoms with E-state index in [1.807, 2.05) is 54.8 Å². The van der Waals surface area contributed by atoms with E-state index in [1.54, 1.807) is 24.3 Å². The lowest BCUT2D eigenvalue weighted by molar-refractivity contribution is 0.0698. The van der Waals surface area contributed by atoms with E-state index in [4.69, 9.17) is 10.2 Å². The molecule has 3 aromatic carbocycles. The molecule has 1 aromatic heterocycles. The number of fused-ring (bicyclic) bond motifs is 3. The average molecular weight is 506 g/mol. The maximum atomic E-state index is 13.7. The van der Waals surface area contributed by atoms with Crippen LogP contribution in [0, 0.1) is 18.3 Å². The van der Waals surface area contributed by atoms with Gasteiger partial charge >= 0.3 is 5.97 Å². The van der Waals surface area contributed by atoms with Crippen LogP contribution in [0.25, 0.3) is 10.9 Å². The van der Waals surface area contributed by atoms with Crippen LogP contribution in [-0.2, 0) is 12.0 Å². The van der Waals surface area contributed by atoms with Crippen LogP contribution in [0.15, 0.2) is 65.5 Å². The third kappa shape index (κ3) is 3.70. The van der Waals surface area contributed by atoms with E-state index < -0.39 is 5.97 Å². The normalized spacial score (nSPS) is 16.1. The number of anilines is 2. The van der Waals surface area contributed by atoms with Gasteiger partial charge in [0, 0.05) is 36.6 Å². The van der Waals surface area contributed by atoms with Gasteiger partial charge in [0.05, 0.1) is 39.6 Å². The number of nitrogens with zero attached hydrogens (tertiary/aromatic N) is 4. The molecule has 8 nitrogen and oxygen atoms in total. The minimum Gasteiger partial charge on any atom is -0.478 e. The number of hydrogen-bond donors (Lipinski definition) is 2. The molecule has 0 unspecified atom stereocenters. The summed E-state index contributed by atoms with van der Waals surface area (Å²) in [6.45, 7) is 6.09. The molecule has 6 rings (SSSR count). The molecule has 0 aliphatic carbocycles. The Kier molecular flexibility index (Phi) is 5.46. The second-order valence-electron chi connectivity index (χ2n) is 10.4. The van der Waals surface area contributed by atoms with Crippen molar-refractivity contribution in [2.75, 3.05) is 23.3 Å². The molecule has 4 aromatic rings. The van der Waals surface area contributed by atoms with Gasteiger partial charge in [0.25, 0.3) is 5.56 Å². The van der Waals surface area contributed by atoms with Gasteiger partial charge in [0.15, 0.2) is 0 Å². The molecular weight excluding hydrogens is 478 g/mol. The van der Waals surface area contributed by atoms with Crippen molar-refractivity contribution in [1.82, 2.24) is 9.55 Å². The number of rotatable bonds is 5. The fraction of sp³-hybridized carbons (Fsp3) is 0.267. The van der Waals surface area contributed by atoms with Crippen molar-refractivity contribution in [1.29, 1.82) is 5.26 Å². The highest BCUT2D eigenvalue weighted by molar-refractivity contribution is 5.94. The minimum absolute atomic E-state index is 0.0261. The molecule has 0 bridgehead atoms. The highest BCUT2D eigenvalue weighted by Crippen LogP contribution is 2.43. The van der Waals surface area contributed by atoms with E-state index >= 15 is 0 Å². The minimum atomic E-state index is -0.998. The molecular formula is C30H27N5O3. The first-order valence-corrected chi connectivity index (χ1v) is 12.7. The summed E-state index contributed by atoms with van der Waals surface area (Å²) in [5.41, 5.74) is 4.67. The summed E-state index contributed by atoms with van der Waals surface area (Å²) in [5, 5.41) is 22.6. The van der Waals surface area contributed by atoms with Crippen LogP contribution in [0.3, 0.4) is 0 Å². The number of nitriles is 1. The van der Waals surface area contributed by atoms with E-state index in [0.717, 1.165) is 42.1 Å². The monoisotopic (exact) mass is 505 g/mol. The van der Waals surface area contributed by atoms with Crippen LogP contribution in [-0.4, -0.2) is 33.7 Å². The van der Waals surface area contributed by atoms with E-state index in [-0.39, 0.29) is 22.6 Å². The zero-order valence-electron chi connectivity index (χ0n) is 21.2. The summed E-state index contributed by atoms with van der Waals surface area (Å²) in [6, 6.07) is 20.2. The average Bonchev–Trinajstić information content (AvgIpc) is 3.28. The Morgan fingerprint density at radius 1 is 1.16 bits per heavy atom. The Bertz CT molecular complexity index is 1690. The highest BCUT2D eigenvalue weighted by atomic mass is 16.4. The van der Waals surface area contributed by atoms with Crippen molar-refractivity contribution in [3.05, 3.63) is 99.1 Å². The van der Waals surface area contributed by atoms with Gasteiger partial charge in [0.1, 0.15) is 5.82 Å². The first-order valence-electron chi connectivity index (χ1n) is 12.7. The largest absolute Gasteiger partial charge is 0.478 e. The van der Waals surface area contributed by atoms with Gasteiger partial charge in [-0.25, -0.2) is 9.78 Å². The predicted molar refractivity (Wildman–Crippen MR) is 146 cm³/mol. The summed E-state index contributed by atoms with van der Waals surface area (Å²) in [6.07, 6.45) is 0.854. The second-order valence-corrected chi connectivity index (χ2v) is 10.4. The van der Waals surface area contributed by atoms with E-state index in [1.165, 1.54) is 0 Å². The molecule has 2 aliphatic heterocycles. The van der Waals surface area contributed by atoms with E-state index in [9.17, 15) is 14.7 Å².